The second kappa shape index (κ2) is 8.01. The average Bonchev–Trinajstić information content (AvgIpc) is 2.59. The van der Waals surface area contributed by atoms with E-state index in [4.69, 9.17) is 11.6 Å². The molecule has 2 N–H and O–H groups in total. The molecule has 0 heterocycles. The largest absolute Gasteiger partial charge is 0.416 e. The predicted octanol–water partition coefficient (Wildman–Crippen LogP) is 3.84. The zero-order chi connectivity index (χ0) is 19.3. The Morgan fingerprint density at radius 3 is 2.31 bits per heavy atom. The molecule has 0 spiro atoms. The van der Waals surface area contributed by atoms with Gasteiger partial charge < -0.3 is 5.32 Å². The molecule has 9 heteroatoms. The highest BCUT2D eigenvalue weighted by atomic mass is 35.5. The Kier molecular flexibility index (Phi) is 5.99. The number of hydrogen-bond donors (Lipinski definition) is 2. The van der Waals surface area contributed by atoms with Crippen LogP contribution in [0.1, 0.15) is 18.1 Å². The third-order valence-corrected chi connectivity index (χ3v) is 3.49. The molecule has 2 rings (SSSR count). The fourth-order valence-electron chi connectivity index (χ4n) is 1.90. The Hall–Kier alpha value is -2.87. The molecule has 0 radical (unpaired) electrons. The molecule has 0 aliphatic rings. The number of carbonyl (C=O) groups excluding carboxylic acids is 2. The lowest BCUT2D eigenvalue weighted by Crippen LogP contribution is -2.33. The number of hydrogen-bond acceptors (Lipinski definition) is 3. The Morgan fingerprint density at radius 2 is 1.69 bits per heavy atom. The quantitative estimate of drug-likeness (QED) is 0.480. The highest BCUT2D eigenvalue weighted by molar-refractivity contribution is 6.39. The van der Waals surface area contributed by atoms with Crippen LogP contribution in [0.25, 0.3) is 0 Å². The molecule has 0 saturated heterocycles. The molecule has 136 valence electrons. The Balaban J connectivity index is 2.00. The molecule has 5 nitrogen and oxygen atoms in total. The number of rotatable bonds is 3. The number of hydrazone groups is 1. The molecule has 26 heavy (non-hydrogen) atoms. The van der Waals surface area contributed by atoms with Crippen molar-refractivity contribution in [2.75, 3.05) is 5.32 Å². The normalized spacial score (nSPS) is 11.8. The SMILES string of the molecule is C/C(=N\NC(=O)C(=O)Nc1cccc(C(F)(F)F)c1)c1ccc(Cl)cc1. The summed E-state index contributed by atoms with van der Waals surface area (Å²) in [6.45, 7) is 1.61. The number of halogens is 4. The van der Waals surface area contributed by atoms with E-state index < -0.39 is 23.6 Å². The first-order valence-corrected chi connectivity index (χ1v) is 7.63. The second-order valence-electron chi connectivity index (χ2n) is 5.18. The molecule has 0 saturated carbocycles. The lowest BCUT2D eigenvalue weighted by molar-refractivity contribution is -0.137. The van der Waals surface area contributed by atoms with E-state index in [0.29, 0.717) is 16.3 Å². The van der Waals surface area contributed by atoms with Crippen LogP contribution >= 0.6 is 11.6 Å². The van der Waals surface area contributed by atoms with Crippen molar-refractivity contribution in [3.05, 3.63) is 64.7 Å². The van der Waals surface area contributed by atoms with Crippen molar-refractivity contribution in [1.82, 2.24) is 5.43 Å². The molecular weight excluding hydrogens is 371 g/mol. The van der Waals surface area contributed by atoms with E-state index in [0.717, 1.165) is 18.2 Å². The summed E-state index contributed by atoms with van der Waals surface area (Å²) in [5, 5.41) is 6.40. The molecule has 0 fully saturated rings. The van der Waals surface area contributed by atoms with E-state index in [1.54, 1.807) is 31.2 Å². The van der Waals surface area contributed by atoms with Crippen LogP contribution in [0.5, 0.6) is 0 Å². The summed E-state index contributed by atoms with van der Waals surface area (Å²) < 4.78 is 37.9. The number of amides is 2. The third-order valence-electron chi connectivity index (χ3n) is 3.24. The van der Waals surface area contributed by atoms with Gasteiger partial charge in [-0.05, 0) is 42.8 Å². The first kappa shape index (κ1) is 19.5. The lowest BCUT2D eigenvalue weighted by Gasteiger charge is -2.09. The smallest absolute Gasteiger partial charge is 0.318 e. The van der Waals surface area contributed by atoms with Crippen molar-refractivity contribution in [2.24, 2.45) is 5.10 Å². The summed E-state index contributed by atoms with van der Waals surface area (Å²) in [4.78, 5) is 23.5. The van der Waals surface area contributed by atoms with Gasteiger partial charge in [0.25, 0.3) is 0 Å². The van der Waals surface area contributed by atoms with Gasteiger partial charge in [0.1, 0.15) is 0 Å². The summed E-state index contributed by atoms with van der Waals surface area (Å²) in [5.41, 5.74) is 2.04. The number of carbonyl (C=O) groups is 2. The molecule has 0 bridgehead atoms. The molecule has 0 aliphatic carbocycles. The van der Waals surface area contributed by atoms with E-state index in [1.807, 2.05) is 5.43 Å². The molecule has 0 unspecified atom stereocenters. The summed E-state index contributed by atoms with van der Waals surface area (Å²) in [5.74, 6) is -2.26. The Labute approximate surface area is 151 Å². The van der Waals surface area contributed by atoms with Crippen molar-refractivity contribution >= 4 is 34.8 Å². The van der Waals surface area contributed by atoms with Gasteiger partial charge in [-0.2, -0.15) is 18.3 Å². The summed E-state index contributed by atoms with van der Waals surface area (Å²) >= 11 is 5.77. The predicted molar refractivity (Wildman–Crippen MR) is 91.9 cm³/mol. The minimum atomic E-state index is -4.55. The van der Waals surface area contributed by atoms with Gasteiger partial charge >= 0.3 is 18.0 Å². The highest BCUT2D eigenvalue weighted by Crippen LogP contribution is 2.30. The lowest BCUT2D eigenvalue weighted by atomic mass is 10.1. The summed E-state index contributed by atoms with van der Waals surface area (Å²) in [7, 11) is 0. The minimum Gasteiger partial charge on any atom is -0.318 e. The fraction of sp³-hybridized carbons (Fsp3) is 0.118. The Bertz CT molecular complexity index is 849. The fourth-order valence-corrected chi connectivity index (χ4v) is 2.03. The van der Waals surface area contributed by atoms with Crippen molar-refractivity contribution in [2.45, 2.75) is 13.1 Å². The van der Waals surface area contributed by atoms with Crippen LogP contribution in [0, 0.1) is 0 Å². The van der Waals surface area contributed by atoms with Gasteiger partial charge in [-0.1, -0.05) is 29.8 Å². The maximum absolute atomic E-state index is 12.6. The highest BCUT2D eigenvalue weighted by Gasteiger charge is 2.30. The standard InChI is InChI=1S/C17H13ClF3N3O2/c1-10(11-5-7-13(18)8-6-11)23-24-16(26)15(25)22-14-4-2-3-12(9-14)17(19,20)21/h2-9H,1H3,(H,22,25)(H,24,26)/b23-10+. The van der Waals surface area contributed by atoms with Gasteiger partial charge in [-0.15, -0.1) is 0 Å². The molecule has 0 aliphatic heterocycles. The van der Waals surface area contributed by atoms with Crippen LogP contribution in [0.3, 0.4) is 0 Å². The third kappa shape index (κ3) is 5.32. The van der Waals surface area contributed by atoms with Gasteiger partial charge in [0.15, 0.2) is 0 Å². The zero-order valence-electron chi connectivity index (χ0n) is 13.4. The molecular formula is C17H13ClF3N3O2. The minimum absolute atomic E-state index is 0.154. The van der Waals surface area contributed by atoms with Crippen LogP contribution in [-0.2, 0) is 15.8 Å². The molecule has 0 aromatic heterocycles. The van der Waals surface area contributed by atoms with Crippen LogP contribution in [-0.4, -0.2) is 17.5 Å². The van der Waals surface area contributed by atoms with Crippen LogP contribution < -0.4 is 10.7 Å². The van der Waals surface area contributed by atoms with E-state index in [2.05, 4.69) is 10.4 Å². The van der Waals surface area contributed by atoms with Gasteiger partial charge in [0.05, 0.1) is 11.3 Å². The van der Waals surface area contributed by atoms with E-state index in [9.17, 15) is 22.8 Å². The first-order chi connectivity index (χ1) is 12.2. The summed E-state index contributed by atoms with van der Waals surface area (Å²) in [6, 6.07) is 10.6. The van der Waals surface area contributed by atoms with Crippen LogP contribution in [0.2, 0.25) is 5.02 Å². The van der Waals surface area contributed by atoms with E-state index >= 15 is 0 Å². The van der Waals surface area contributed by atoms with E-state index in [-0.39, 0.29) is 5.69 Å². The zero-order valence-corrected chi connectivity index (χ0v) is 14.2. The first-order valence-electron chi connectivity index (χ1n) is 7.25. The number of anilines is 1. The molecule has 2 amide bonds. The van der Waals surface area contributed by atoms with Crippen molar-refractivity contribution in [3.63, 3.8) is 0 Å². The number of alkyl halides is 3. The second-order valence-corrected chi connectivity index (χ2v) is 5.61. The summed E-state index contributed by atoms with van der Waals surface area (Å²) in [6.07, 6.45) is -4.55. The number of nitrogens with zero attached hydrogens (tertiary/aromatic N) is 1. The van der Waals surface area contributed by atoms with Crippen molar-refractivity contribution in [1.29, 1.82) is 0 Å². The van der Waals surface area contributed by atoms with Crippen LogP contribution in [0.4, 0.5) is 18.9 Å². The van der Waals surface area contributed by atoms with Gasteiger partial charge in [-0.3, -0.25) is 9.59 Å². The van der Waals surface area contributed by atoms with Gasteiger partial charge in [0.2, 0.25) is 0 Å². The molecule has 2 aromatic carbocycles. The number of nitrogens with one attached hydrogen (secondary N) is 2. The Morgan fingerprint density at radius 1 is 1.04 bits per heavy atom. The van der Waals surface area contributed by atoms with Crippen LogP contribution in [0.15, 0.2) is 53.6 Å². The van der Waals surface area contributed by atoms with Crippen molar-refractivity contribution in [3.8, 4) is 0 Å². The average molecular weight is 384 g/mol. The van der Waals surface area contributed by atoms with Gasteiger partial charge in [-0.25, -0.2) is 5.43 Å². The van der Waals surface area contributed by atoms with E-state index in [1.165, 1.54) is 6.07 Å². The van der Waals surface area contributed by atoms with Crippen molar-refractivity contribution < 1.29 is 22.8 Å². The maximum Gasteiger partial charge on any atom is 0.416 e. The maximum atomic E-state index is 12.6. The molecule has 2 aromatic rings. The monoisotopic (exact) mass is 383 g/mol. The molecule has 0 atom stereocenters. The number of benzene rings is 2. The topological polar surface area (TPSA) is 70.6 Å². The van der Waals surface area contributed by atoms with Gasteiger partial charge in [0, 0.05) is 10.7 Å².